The van der Waals surface area contributed by atoms with Gasteiger partial charge in [0.05, 0.1) is 13.2 Å². The minimum atomic E-state index is -0.403. The Kier molecular flexibility index (Phi) is 4.53. The van der Waals surface area contributed by atoms with E-state index in [4.69, 9.17) is 4.74 Å². The fraction of sp³-hybridized carbons (Fsp3) is 0.500. The number of benzene rings is 1. The Morgan fingerprint density at radius 2 is 1.88 bits per heavy atom. The van der Waals surface area contributed by atoms with Gasteiger partial charge in [0.25, 0.3) is 0 Å². The molecule has 1 atom stereocenters. The van der Waals surface area contributed by atoms with Crippen LogP contribution in [0.25, 0.3) is 0 Å². The molecule has 0 spiro atoms. The van der Waals surface area contributed by atoms with Gasteiger partial charge in [-0.1, -0.05) is 12.1 Å². The van der Waals surface area contributed by atoms with E-state index in [1.807, 2.05) is 50.2 Å². The molecule has 1 aromatic carbocycles. The molecule has 3 heteroatoms. The predicted octanol–water partition coefficient (Wildman–Crippen LogP) is 2.47. The van der Waals surface area contributed by atoms with Gasteiger partial charge in [-0.05, 0) is 51.6 Å². The smallest absolute Gasteiger partial charge is 0.118 e. The lowest BCUT2D eigenvalue weighted by Crippen LogP contribution is -2.40. The molecule has 0 amide bonds. The van der Waals surface area contributed by atoms with E-state index in [2.05, 4.69) is 6.07 Å². The van der Waals surface area contributed by atoms with Crippen molar-refractivity contribution < 1.29 is 4.74 Å². The molecule has 0 aliphatic carbocycles. The summed E-state index contributed by atoms with van der Waals surface area (Å²) in [7, 11) is 5.54. The summed E-state index contributed by atoms with van der Waals surface area (Å²) in [5.74, 6) is 0.865. The Balaban J connectivity index is 2.64. The molecule has 17 heavy (non-hydrogen) atoms. The maximum absolute atomic E-state index is 9.20. The van der Waals surface area contributed by atoms with E-state index in [0.29, 0.717) is 0 Å². The summed E-state index contributed by atoms with van der Waals surface area (Å²) in [6, 6.07) is 10.4. The van der Waals surface area contributed by atoms with Crippen LogP contribution < -0.4 is 4.74 Å². The van der Waals surface area contributed by atoms with Crippen LogP contribution in [0.1, 0.15) is 18.9 Å². The maximum Gasteiger partial charge on any atom is 0.118 e. The second-order valence-corrected chi connectivity index (χ2v) is 4.63. The molecular formula is C14H20N2O. The highest BCUT2D eigenvalue weighted by Crippen LogP contribution is 2.20. The van der Waals surface area contributed by atoms with Crippen molar-refractivity contribution in [3.8, 4) is 11.8 Å². The second kappa shape index (κ2) is 5.70. The number of hydrogen-bond donors (Lipinski definition) is 0. The number of hydrogen-bond acceptors (Lipinski definition) is 3. The van der Waals surface area contributed by atoms with Crippen molar-refractivity contribution in [1.82, 2.24) is 4.90 Å². The summed E-state index contributed by atoms with van der Waals surface area (Å²) in [4.78, 5) is 1.97. The van der Waals surface area contributed by atoms with Gasteiger partial charge in [0.15, 0.2) is 0 Å². The molecule has 1 aromatic rings. The Morgan fingerprint density at radius 3 is 2.29 bits per heavy atom. The van der Waals surface area contributed by atoms with Gasteiger partial charge >= 0.3 is 0 Å². The summed E-state index contributed by atoms with van der Waals surface area (Å²) in [6.45, 7) is 1.97. The molecule has 0 N–H and O–H groups in total. The van der Waals surface area contributed by atoms with E-state index < -0.39 is 5.54 Å². The monoisotopic (exact) mass is 232 g/mol. The molecule has 0 saturated heterocycles. The zero-order valence-electron chi connectivity index (χ0n) is 11.0. The van der Waals surface area contributed by atoms with E-state index in [9.17, 15) is 5.26 Å². The van der Waals surface area contributed by atoms with Gasteiger partial charge in [-0.3, -0.25) is 4.90 Å². The minimum absolute atomic E-state index is 0.403. The van der Waals surface area contributed by atoms with Crippen LogP contribution in [0.2, 0.25) is 0 Å². The fourth-order valence-electron chi connectivity index (χ4n) is 1.56. The third-order valence-corrected chi connectivity index (χ3v) is 3.29. The largest absolute Gasteiger partial charge is 0.497 e. The first kappa shape index (κ1) is 13.5. The van der Waals surface area contributed by atoms with Crippen LogP contribution in [0.3, 0.4) is 0 Å². The number of rotatable bonds is 5. The van der Waals surface area contributed by atoms with E-state index in [1.54, 1.807) is 7.11 Å². The van der Waals surface area contributed by atoms with Crippen molar-refractivity contribution in [2.75, 3.05) is 21.2 Å². The third kappa shape index (κ3) is 3.47. The Labute approximate surface area is 104 Å². The molecule has 0 aromatic heterocycles. The van der Waals surface area contributed by atoms with Gasteiger partial charge in [0, 0.05) is 0 Å². The molecule has 0 saturated carbocycles. The standard InChI is InChI=1S/C14H20N2O/c1-14(11-15,16(2)3)10-9-12-5-7-13(17-4)8-6-12/h5-8H,9-10H2,1-4H3. The molecule has 92 valence electrons. The summed E-state index contributed by atoms with van der Waals surface area (Å²) < 4.78 is 5.11. The molecule has 0 bridgehead atoms. The molecule has 0 heterocycles. The SMILES string of the molecule is COc1ccc(CCC(C)(C#N)N(C)C)cc1. The first-order valence-corrected chi connectivity index (χ1v) is 5.73. The van der Waals surface area contributed by atoms with Gasteiger partial charge in [-0.25, -0.2) is 0 Å². The van der Waals surface area contributed by atoms with Crippen molar-refractivity contribution in [1.29, 1.82) is 5.26 Å². The lowest BCUT2D eigenvalue weighted by atomic mass is 9.93. The second-order valence-electron chi connectivity index (χ2n) is 4.63. The van der Waals surface area contributed by atoms with Crippen LogP contribution in [0.4, 0.5) is 0 Å². The van der Waals surface area contributed by atoms with Gasteiger partial charge in [0.2, 0.25) is 0 Å². The minimum Gasteiger partial charge on any atom is -0.497 e. The lowest BCUT2D eigenvalue weighted by Gasteiger charge is -2.29. The van der Waals surface area contributed by atoms with Gasteiger partial charge in [-0.2, -0.15) is 5.26 Å². The van der Waals surface area contributed by atoms with Gasteiger partial charge in [0.1, 0.15) is 11.3 Å². The average Bonchev–Trinajstić information content (AvgIpc) is 2.36. The lowest BCUT2D eigenvalue weighted by molar-refractivity contribution is 0.224. The Morgan fingerprint density at radius 1 is 1.29 bits per heavy atom. The number of ether oxygens (including phenoxy) is 1. The van der Waals surface area contributed by atoms with Crippen LogP contribution in [0.5, 0.6) is 5.75 Å². The maximum atomic E-state index is 9.20. The molecule has 1 rings (SSSR count). The summed E-state index contributed by atoms with van der Waals surface area (Å²) >= 11 is 0. The van der Waals surface area contributed by atoms with Gasteiger partial charge < -0.3 is 4.74 Å². The average molecular weight is 232 g/mol. The molecule has 0 aliphatic rings. The van der Waals surface area contributed by atoms with Crippen LogP contribution in [-0.4, -0.2) is 31.6 Å². The molecule has 0 fully saturated rings. The van der Waals surface area contributed by atoms with Crippen LogP contribution in [0.15, 0.2) is 24.3 Å². The number of aryl methyl sites for hydroxylation is 1. The van der Waals surface area contributed by atoms with E-state index in [-0.39, 0.29) is 0 Å². The van der Waals surface area contributed by atoms with Crippen molar-refractivity contribution >= 4 is 0 Å². The first-order chi connectivity index (χ1) is 8.01. The Hall–Kier alpha value is -1.53. The quantitative estimate of drug-likeness (QED) is 0.782. The van der Waals surface area contributed by atoms with Crippen LogP contribution in [-0.2, 0) is 6.42 Å². The van der Waals surface area contributed by atoms with Crippen molar-refractivity contribution in [3.05, 3.63) is 29.8 Å². The third-order valence-electron chi connectivity index (χ3n) is 3.29. The van der Waals surface area contributed by atoms with Crippen LogP contribution in [0, 0.1) is 11.3 Å². The highest BCUT2D eigenvalue weighted by Gasteiger charge is 2.25. The summed E-state index contributed by atoms with van der Waals surface area (Å²) in [6.07, 6.45) is 1.72. The summed E-state index contributed by atoms with van der Waals surface area (Å²) in [5, 5.41) is 9.20. The molecular weight excluding hydrogens is 212 g/mol. The predicted molar refractivity (Wildman–Crippen MR) is 69.0 cm³/mol. The first-order valence-electron chi connectivity index (χ1n) is 5.73. The Bertz CT molecular complexity index is 392. The van der Waals surface area contributed by atoms with E-state index in [0.717, 1.165) is 18.6 Å². The normalized spacial score (nSPS) is 14.1. The number of nitriles is 1. The molecule has 0 aliphatic heterocycles. The van der Waals surface area contributed by atoms with Gasteiger partial charge in [-0.15, -0.1) is 0 Å². The fourth-order valence-corrected chi connectivity index (χ4v) is 1.56. The van der Waals surface area contributed by atoms with Crippen LogP contribution >= 0.6 is 0 Å². The van der Waals surface area contributed by atoms with E-state index >= 15 is 0 Å². The number of nitrogens with zero attached hydrogens (tertiary/aromatic N) is 2. The zero-order chi connectivity index (χ0) is 12.9. The van der Waals surface area contributed by atoms with Crippen molar-refractivity contribution in [3.63, 3.8) is 0 Å². The molecule has 3 nitrogen and oxygen atoms in total. The highest BCUT2D eigenvalue weighted by atomic mass is 16.5. The van der Waals surface area contributed by atoms with E-state index in [1.165, 1.54) is 5.56 Å². The van der Waals surface area contributed by atoms with Crippen molar-refractivity contribution in [2.45, 2.75) is 25.3 Å². The van der Waals surface area contributed by atoms with Crippen molar-refractivity contribution in [2.24, 2.45) is 0 Å². The summed E-state index contributed by atoms with van der Waals surface area (Å²) in [5.41, 5.74) is 0.828. The highest BCUT2D eigenvalue weighted by molar-refractivity contribution is 5.27. The molecule has 0 radical (unpaired) electrons. The molecule has 1 unspecified atom stereocenters. The number of methoxy groups -OCH3 is 1. The zero-order valence-corrected chi connectivity index (χ0v) is 11.0. The topological polar surface area (TPSA) is 36.3 Å².